The quantitative estimate of drug-likeness (QED) is 0.658. The van der Waals surface area contributed by atoms with Gasteiger partial charge in [-0.3, -0.25) is 11.3 Å². The van der Waals surface area contributed by atoms with Crippen LogP contribution in [0, 0.1) is 0 Å². The fourth-order valence-corrected chi connectivity index (χ4v) is 3.56. The Kier molecular flexibility index (Phi) is 4.19. The number of benzene rings is 1. The van der Waals surface area contributed by atoms with Crippen molar-refractivity contribution in [3.8, 4) is 0 Å². The molecule has 1 aliphatic rings. The van der Waals surface area contributed by atoms with E-state index in [4.69, 9.17) is 5.84 Å². The molecule has 2 nitrogen and oxygen atoms in total. The van der Waals surface area contributed by atoms with Gasteiger partial charge in [-0.25, -0.2) is 0 Å². The Bertz CT molecular complexity index is 385. The summed E-state index contributed by atoms with van der Waals surface area (Å²) in [6, 6.07) is 5.15. The molecule has 3 N–H and O–H groups in total. The number of hydrogen-bond acceptors (Lipinski definition) is 3. The molecular weight excluding hydrogens is 261 g/mol. The minimum Gasteiger partial charge on any atom is -0.271 e. The molecule has 1 aliphatic heterocycles. The van der Waals surface area contributed by atoms with E-state index >= 15 is 0 Å². The lowest BCUT2D eigenvalue weighted by Crippen LogP contribution is -2.34. The molecule has 0 aliphatic carbocycles. The zero-order valence-electron chi connectivity index (χ0n) is 9.70. The van der Waals surface area contributed by atoms with Crippen LogP contribution >= 0.6 is 11.8 Å². The summed E-state index contributed by atoms with van der Waals surface area (Å²) in [5.74, 6) is 6.61. The fraction of sp³-hybridized carbons (Fsp3) is 0.500. The Morgan fingerprint density at radius 1 is 1.28 bits per heavy atom. The number of nitrogens with two attached hydrogens (primary N) is 1. The van der Waals surface area contributed by atoms with Crippen molar-refractivity contribution in [1.82, 2.24) is 5.43 Å². The van der Waals surface area contributed by atoms with Crippen molar-refractivity contribution in [2.75, 3.05) is 5.75 Å². The van der Waals surface area contributed by atoms with Crippen molar-refractivity contribution < 1.29 is 13.2 Å². The van der Waals surface area contributed by atoms with Gasteiger partial charge in [0.2, 0.25) is 0 Å². The number of rotatable bonds is 3. The summed E-state index contributed by atoms with van der Waals surface area (Å²) < 4.78 is 37.4. The molecule has 0 amide bonds. The van der Waals surface area contributed by atoms with E-state index < -0.39 is 11.7 Å². The van der Waals surface area contributed by atoms with E-state index in [0.717, 1.165) is 36.3 Å². The molecule has 0 radical (unpaired) electrons. The standard InChI is InChI=1S/C12H15F3N2S/c13-12(14,15)9-5-3-8(4-6-9)11(17-16)10-2-1-7-18-10/h3-6,10-11,17H,1-2,7,16H2. The van der Waals surface area contributed by atoms with E-state index in [9.17, 15) is 13.2 Å². The van der Waals surface area contributed by atoms with Crippen molar-refractivity contribution in [3.63, 3.8) is 0 Å². The lowest BCUT2D eigenvalue weighted by molar-refractivity contribution is -0.137. The van der Waals surface area contributed by atoms with Crippen LogP contribution in [-0.2, 0) is 6.18 Å². The van der Waals surface area contributed by atoms with Crippen LogP contribution < -0.4 is 11.3 Å². The Labute approximate surface area is 108 Å². The molecule has 2 unspecified atom stereocenters. The van der Waals surface area contributed by atoms with Gasteiger partial charge in [-0.1, -0.05) is 12.1 Å². The van der Waals surface area contributed by atoms with Crippen LogP contribution in [0.25, 0.3) is 0 Å². The molecule has 18 heavy (non-hydrogen) atoms. The average Bonchev–Trinajstić information content (AvgIpc) is 2.83. The molecule has 1 aromatic rings. The van der Waals surface area contributed by atoms with Crippen LogP contribution in [0.4, 0.5) is 13.2 Å². The zero-order chi connectivity index (χ0) is 13.2. The molecule has 0 spiro atoms. The molecule has 2 rings (SSSR count). The van der Waals surface area contributed by atoms with Gasteiger partial charge in [0, 0.05) is 5.25 Å². The molecule has 100 valence electrons. The normalized spacial score (nSPS) is 22.1. The van der Waals surface area contributed by atoms with Crippen LogP contribution in [0.2, 0.25) is 0 Å². The number of nitrogens with one attached hydrogen (secondary N) is 1. The number of hydrazine groups is 1. The molecule has 0 bridgehead atoms. The van der Waals surface area contributed by atoms with Crippen LogP contribution in [0.1, 0.15) is 30.0 Å². The average molecular weight is 276 g/mol. The summed E-state index contributed by atoms with van der Waals surface area (Å²) >= 11 is 1.81. The summed E-state index contributed by atoms with van der Waals surface area (Å²) in [7, 11) is 0. The van der Waals surface area contributed by atoms with Crippen molar-refractivity contribution in [3.05, 3.63) is 35.4 Å². The van der Waals surface area contributed by atoms with Gasteiger partial charge in [-0.15, -0.1) is 0 Å². The number of hydrogen-bond donors (Lipinski definition) is 2. The molecule has 2 atom stereocenters. The van der Waals surface area contributed by atoms with Crippen LogP contribution in [-0.4, -0.2) is 11.0 Å². The Hall–Kier alpha value is -0.720. The molecule has 1 heterocycles. The predicted octanol–water partition coefficient (Wildman–Crippen LogP) is 3.11. The third-order valence-corrected chi connectivity index (χ3v) is 4.57. The van der Waals surface area contributed by atoms with Crippen molar-refractivity contribution in [2.24, 2.45) is 5.84 Å². The van der Waals surface area contributed by atoms with Crippen LogP contribution in [0.5, 0.6) is 0 Å². The third kappa shape index (κ3) is 2.99. The minimum absolute atomic E-state index is 0.0835. The Balaban J connectivity index is 2.16. The summed E-state index contributed by atoms with van der Waals surface area (Å²) in [4.78, 5) is 0. The smallest absolute Gasteiger partial charge is 0.271 e. The molecule has 1 aromatic carbocycles. The summed E-state index contributed by atoms with van der Waals surface area (Å²) in [5, 5.41) is 0.340. The zero-order valence-corrected chi connectivity index (χ0v) is 10.5. The first-order valence-electron chi connectivity index (χ1n) is 5.77. The van der Waals surface area contributed by atoms with E-state index in [1.807, 2.05) is 11.8 Å². The molecule has 0 aromatic heterocycles. The maximum Gasteiger partial charge on any atom is 0.416 e. The lowest BCUT2D eigenvalue weighted by atomic mass is 10.00. The number of thioether (sulfide) groups is 1. The molecule has 0 saturated carbocycles. The number of halogens is 3. The van der Waals surface area contributed by atoms with Gasteiger partial charge in [0.15, 0.2) is 0 Å². The second kappa shape index (κ2) is 5.50. The monoisotopic (exact) mass is 276 g/mol. The maximum atomic E-state index is 12.5. The summed E-state index contributed by atoms with van der Waals surface area (Å²) in [6.45, 7) is 0. The lowest BCUT2D eigenvalue weighted by Gasteiger charge is -2.22. The van der Waals surface area contributed by atoms with Crippen molar-refractivity contribution in [1.29, 1.82) is 0 Å². The first-order valence-corrected chi connectivity index (χ1v) is 6.82. The van der Waals surface area contributed by atoms with Gasteiger partial charge in [-0.05, 0) is 36.3 Å². The molecule has 6 heteroatoms. The van der Waals surface area contributed by atoms with E-state index in [-0.39, 0.29) is 6.04 Å². The molecule has 1 fully saturated rings. The van der Waals surface area contributed by atoms with Crippen molar-refractivity contribution >= 4 is 11.8 Å². The molecular formula is C12H15F3N2S. The highest BCUT2D eigenvalue weighted by atomic mass is 32.2. The number of alkyl halides is 3. The SMILES string of the molecule is NNC(c1ccc(C(F)(F)F)cc1)C1CCCS1. The Morgan fingerprint density at radius 2 is 1.94 bits per heavy atom. The Morgan fingerprint density at radius 3 is 2.39 bits per heavy atom. The van der Waals surface area contributed by atoms with Gasteiger partial charge >= 0.3 is 6.18 Å². The minimum atomic E-state index is -4.29. The maximum absolute atomic E-state index is 12.5. The van der Waals surface area contributed by atoms with E-state index in [0.29, 0.717) is 5.25 Å². The van der Waals surface area contributed by atoms with Gasteiger partial charge in [0.1, 0.15) is 0 Å². The first-order chi connectivity index (χ1) is 8.52. The second-order valence-electron chi connectivity index (χ2n) is 4.32. The second-order valence-corrected chi connectivity index (χ2v) is 5.66. The van der Waals surface area contributed by atoms with Crippen molar-refractivity contribution in [2.45, 2.75) is 30.3 Å². The van der Waals surface area contributed by atoms with Crippen LogP contribution in [0.3, 0.4) is 0 Å². The molecule has 1 saturated heterocycles. The van der Waals surface area contributed by atoms with Gasteiger partial charge in [-0.2, -0.15) is 24.9 Å². The van der Waals surface area contributed by atoms with E-state index in [2.05, 4.69) is 5.43 Å². The highest BCUT2D eigenvalue weighted by Gasteiger charge is 2.31. The van der Waals surface area contributed by atoms with Gasteiger partial charge < -0.3 is 0 Å². The highest BCUT2D eigenvalue weighted by molar-refractivity contribution is 8.00. The third-order valence-electron chi connectivity index (χ3n) is 3.11. The van der Waals surface area contributed by atoms with E-state index in [1.54, 1.807) is 0 Å². The topological polar surface area (TPSA) is 38.0 Å². The van der Waals surface area contributed by atoms with Crippen LogP contribution in [0.15, 0.2) is 24.3 Å². The van der Waals surface area contributed by atoms with E-state index in [1.165, 1.54) is 12.1 Å². The van der Waals surface area contributed by atoms with Gasteiger partial charge in [0.25, 0.3) is 0 Å². The summed E-state index contributed by atoms with van der Waals surface area (Å²) in [6.07, 6.45) is -2.11. The predicted molar refractivity (Wildman–Crippen MR) is 67.0 cm³/mol. The highest BCUT2D eigenvalue weighted by Crippen LogP contribution is 2.36. The first kappa shape index (κ1) is 13.7. The largest absolute Gasteiger partial charge is 0.416 e. The fourth-order valence-electron chi connectivity index (χ4n) is 2.16. The summed E-state index contributed by atoms with van der Waals surface area (Å²) in [5.41, 5.74) is 2.90. The van der Waals surface area contributed by atoms with Gasteiger partial charge in [0.05, 0.1) is 11.6 Å².